The molecule has 26 heavy (non-hydrogen) atoms. The maximum Gasteiger partial charge on any atom is 0.471 e. The van der Waals surface area contributed by atoms with Gasteiger partial charge in [0.1, 0.15) is 28.9 Å². The Balaban J connectivity index is 2.31. The number of rotatable bonds is 4. The van der Waals surface area contributed by atoms with E-state index in [9.17, 15) is 32.5 Å². The van der Waals surface area contributed by atoms with E-state index in [0.717, 1.165) is 36.4 Å². The number of benzene rings is 2. The van der Waals surface area contributed by atoms with Crippen molar-refractivity contribution in [1.29, 1.82) is 5.26 Å². The molecule has 11 heteroatoms. The molecule has 2 aromatic rings. The zero-order chi connectivity index (χ0) is 19.5. The maximum absolute atomic E-state index is 13.6. The summed E-state index contributed by atoms with van der Waals surface area (Å²) in [5, 5.41) is 21.1. The number of nitrogens with zero attached hydrogens (tertiary/aromatic N) is 2. The van der Waals surface area contributed by atoms with Crippen LogP contribution in [0.15, 0.2) is 36.4 Å². The van der Waals surface area contributed by atoms with Gasteiger partial charge in [-0.1, -0.05) is 0 Å². The van der Waals surface area contributed by atoms with Crippen molar-refractivity contribution >= 4 is 17.3 Å². The molecule has 134 valence electrons. The second-order valence-corrected chi connectivity index (χ2v) is 4.74. The van der Waals surface area contributed by atoms with Gasteiger partial charge in [-0.2, -0.15) is 18.4 Å². The minimum atomic E-state index is -5.21. The van der Waals surface area contributed by atoms with E-state index in [1.807, 2.05) is 0 Å². The highest BCUT2D eigenvalue weighted by molar-refractivity contribution is 5.95. The van der Waals surface area contributed by atoms with Gasteiger partial charge in [-0.15, -0.1) is 0 Å². The average molecular weight is 369 g/mol. The number of hydrogen-bond donors (Lipinski definition) is 1. The fourth-order valence-electron chi connectivity index (χ4n) is 1.79. The number of hydrogen-bond acceptors (Lipinski definition) is 5. The number of halogens is 4. The molecule has 0 unspecified atom stereocenters. The molecule has 0 atom stereocenters. The van der Waals surface area contributed by atoms with Gasteiger partial charge >= 0.3 is 12.1 Å². The Morgan fingerprint density at radius 2 is 1.92 bits per heavy atom. The van der Waals surface area contributed by atoms with E-state index in [0.29, 0.717) is 0 Å². The van der Waals surface area contributed by atoms with Crippen molar-refractivity contribution in [1.82, 2.24) is 0 Å². The van der Waals surface area contributed by atoms with Crippen LogP contribution in [0.3, 0.4) is 0 Å². The molecule has 0 fully saturated rings. The molecule has 0 saturated heterocycles. The number of nitrogens with one attached hydrogen (secondary N) is 1. The first-order valence-electron chi connectivity index (χ1n) is 6.66. The predicted molar refractivity (Wildman–Crippen MR) is 79.0 cm³/mol. The van der Waals surface area contributed by atoms with Crippen LogP contribution < -0.4 is 10.1 Å². The normalized spacial score (nSPS) is 10.7. The SMILES string of the molecule is N#Cc1cc([N+](=O)[O-])ccc1Oc1ccc(F)c(NC(=O)C(F)(F)F)c1. The summed E-state index contributed by atoms with van der Waals surface area (Å²) in [5.74, 6) is -3.85. The van der Waals surface area contributed by atoms with Gasteiger partial charge in [0.15, 0.2) is 0 Å². The highest BCUT2D eigenvalue weighted by atomic mass is 19.4. The third kappa shape index (κ3) is 4.23. The van der Waals surface area contributed by atoms with E-state index in [4.69, 9.17) is 10.00 Å². The van der Waals surface area contributed by atoms with Gasteiger partial charge in [0.25, 0.3) is 5.69 Å². The molecule has 2 aromatic carbocycles. The first kappa shape index (κ1) is 18.7. The van der Waals surface area contributed by atoms with Gasteiger partial charge in [0.05, 0.1) is 10.6 Å². The van der Waals surface area contributed by atoms with E-state index < -0.39 is 28.5 Å². The van der Waals surface area contributed by atoms with Gasteiger partial charge in [-0.3, -0.25) is 14.9 Å². The second kappa shape index (κ2) is 7.06. The molecule has 7 nitrogen and oxygen atoms in total. The summed E-state index contributed by atoms with van der Waals surface area (Å²) in [7, 11) is 0. The standard InChI is InChI=1S/C15H7F4N3O4/c16-11-3-2-10(6-12(11)21-14(23)15(17,18)19)26-13-4-1-9(22(24)25)5-8(13)7-20/h1-6H,(H,21,23). The highest BCUT2D eigenvalue weighted by Gasteiger charge is 2.39. The fraction of sp³-hybridized carbons (Fsp3) is 0.0667. The fourth-order valence-corrected chi connectivity index (χ4v) is 1.79. The Bertz CT molecular complexity index is 922. The number of carbonyl (C=O) groups excluding carboxylic acids is 1. The van der Waals surface area contributed by atoms with E-state index in [2.05, 4.69) is 0 Å². The summed E-state index contributed by atoms with van der Waals surface area (Å²) in [6.45, 7) is 0. The lowest BCUT2D eigenvalue weighted by molar-refractivity contribution is -0.384. The number of carbonyl (C=O) groups is 1. The van der Waals surface area contributed by atoms with Crippen LogP contribution in [0.5, 0.6) is 11.5 Å². The molecule has 0 radical (unpaired) electrons. The third-order valence-electron chi connectivity index (χ3n) is 2.97. The molecular formula is C15H7F4N3O4. The van der Waals surface area contributed by atoms with Crippen molar-refractivity contribution in [2.24, 2.45) is 0 Å². The highest BCUT2D eigenvalue weighted by Crippen LogP contribution is 2.31. The number of alkyl halides is 3. The maximum atomic E-state index is 13.6. The molecule has 0 aliphatic rings. The van der Waals surface area contributed by atoms with Gasteiger partial charge in [-0.05, 0) is 18.2 Å². The molecule has 0 aliphatic heterocycles. The zero-order valence-electron chi connectivity index (χ0n) is 12.5. The summed E-state index contributed by atoms with van der Waals surface area (Å²) in [4.78, 5) is 20.9. The Morgan fingerprint density at radius 1 is 1.23 bits per heavy atom. The number of nitro groups is 1. The Labute approximate surface area is 142 Å². The van der Waals surface area contributed by atoms with Crippen molar-refractivity contribution in [3.05, 3.63) is 57.9 Å². The molecule has 1 amide bonds. The first-order valence-corrected chi connectivity index (χ1v) is 6.66. The van der Waals surface area contributed by atoms with Crippen LogP contribution in [-0.2, 0) is 4.79 Å². The number of anilines is 1. The topological polar surface area (TPSA) is 105 Å². The number of ether oxygens (including phenoxy) is 1. The lowest BCUT2D eigenvalue weighted by atomic mass is 10.2. The Morgan fingerprint density at radius 3 is 2.50 bits per heavy atom. The van der Waals surface area contributed by atoms with Crippen molar-refractivity contribution < 1.29 is 32.0 Å². The zero-order valence-corrected chi connectivity index (χ0v) is 12.5. The molecular weight excluding hydrogens is 362 g/mol. The second-order valence-electron chi connectivity index (χ2n) is 4.74. The van der Waals surface area contributed by atoms with Crippen LogP contribution in [0.25, 0.3) is 0 Å². The van der Waals surface area contributed by atoms with Gasteiger partial charge < -0.3 is 10.1 Å². The lowest BCUT2D eigenvalue weighted by Crippen LogP contribution is -2.30. The Kier molecular flexibility index (Phi) is 5.06. The van der Waals surface area contributed by atoms with Crippen molar-refractivity contribution in [3.63, 3.8) is 0 Å². The van der Waals surface area contributed by atoms with Gasteiger partial charge in [0.2, 0.25) is 0 Å². The van der Waals surface area contributed by atoms with Crippen LogP contribution in [0.2, 0.25) is 0 Å². The molecule has 0 spiro atoms. The smallest absolute Gasteiger partial charge is 0.456 e. The minimum absolute atomic E-state index is 0.141. The quantitative estimate of drug-likeness (QED) is 0.500. The van der Waals surface area contributed by atoms with Crippen LogP contribution in [0.1, 0.15) is 5.56 Å². The van der Waals surface area contributed by atoms with E-state index >= 15 is 0 Å². The molecule has 0 heterocycles. The van der Waals surface area contributed by atoms with Crippen molar-refractivity contribution in [2.75, 3.05) is 5.32 Å². The number of nitriles is 1. The summed E-state index contributed by atoms with van der Waals surface area (Å²) >= 11 is 0. The number of non-ortho nitro benzene ring substituents is 1. The first-order chi connectivity index (χ1) is 12.1. The van der Waals surface area contributed by atoms with Crippen molar-refractivity contribution in [2.45, 2.75) is 6.18 Å². The Hall–Kier alpha value is -3.68. The number of nitro benzene ring substituents is 1. The molecule has 0 saturated carbocycles. The van der Waals surface area contributed by atoms with Gasteiger partial charge in [0, 0.05) is 18.2 Å². The summed E-state index contributed by atoms with van der Waals surface area (Å²) in [6.07, 6.45) is -5.21. The molecule has 2 rings (SSSR count). The van der Waals surface area contributed by atoms with E-state index in [1.165, 1.54) is 5.32 Å². The molecule has 0 bridgehead atoms. The summed E-state index contributed by atoms with van der Waals surface area (Å²) in [5.41, 5.74) is -1.37. The number of amides is 1. The van der Waals surface area contributed by atoms with Crippen molar-refractivity contribution in [3.8, 4) is 17.6 Å². The predicted octanol–water partition coefficient (Wildman–Crippen LogP) is 3.90. The van der Waals surface area contributed by atoms with Crippen LogP contribution in [0.4, 0.5) is 28.9 Å². The van der Waals surface area contributed by atoms with Crippen LogP contribution in [0, 0.1) is 27.3 Å². The summed E-state index contributed by atoms with van der Waals surface area (Å²) < 4.78 is 55.6. The van der Waals surface area contributed by atoms with Crippen LogP contribution >= 0.6 is 0 Å². The molecule has 0 aromatic heterocycles. The van der Waals surface area contributed by atoms with E-state index in [-0.39, 0.29) is 22.7 Å². The molecule has 0 aliphatic carbocycles. The largest absolute Gasteiger partial charge is 0.471 e. The third-order valence-corrected chi connectivity index (χ3v) is 2.97. The lowest BCUT2D eigenvalue weighted by Gasteiger charge is -2.11. The monoisotopic (exact) mass is 369 g/mol. The van der Waals surface area contributed by atoms with E-state index in [1.54, 1.807) is 6.07 Å². The van der Waals surface area contributed by atoms with Gasteiger partial charge in [-0.25, -0.2) is 4.39 Å². The minimum Gasteiger partial charge on any atom is -0.456 e. The average Bonchev–Trinajstić information content (AvgIpc) is 2.57. The summed E-state index contributed by atoms with van der Waals surface area (Å²) in [6, 6.07) is 7.33. The molecule has 1 N–H and O–H groups in total. The van der Waals surface area contributed by atoms with Crippen LogP contribution in [-0.4, -0.2) is 17.0 Å².